The van der Waals surface area contributed by atoms with Crippen molar-refractivity contribution < 1.29 is 9.53 Å². The number of para-hydroxylation sites is 2. The molecule has 0 saturated heterocycles. The summed E-state index contributed by atoms with van der Waals surface area (Å²) in [5.41, 5.74) is 3.65. The third kappa shape index (κ3) is 4.89. The van der Waals surface area contributed by atoms with Crippen molar-refractivity contribution in [3.63, 3.8) is 0 Å². The number of carbonyl (C=O) groups is 1. The lowest BCUT2D eigenvalue weighted by Crippen LogP contribution is -2.29. The first-order chi connectivity index (χ1) is 15.0. The summed E-state index contributed by atoms with van der Waals surface area (Å²) in [6.45, 7) is 5.10. The monoisotopic (exact) mass is 433 g/mol. The summed E-state index contributed by atoms with van der Waals surface area (Å²) in [6.07, 6.45) is 0. The summed E-state index contributed by atoms with van der Waals surface area (Å²) >= 11 is 5.93. The van der Waals surface area contributed by atoms with Gasteiger partial charge in [-0.3, -0.25) is 4.79 Å². The van der Waals surface area contributed by atoms with Gasteiger partial charge in [-0.25, -0.2) is 4.98 Å². The number of aromatic nitrogens is 2. The molecule has 0 aliphatic heterocycles. The molecule has 0 fully saturated rings. The Morgan fingerprint density at radius 1 is 1.06 bits per heavy atom. The second kappa shape index (κ2) is 9.23. The highest BCUT2D eigenvalue weighted by molar-refractivity contribution is 6.30. The normalized spacial score (nSPS) is 12.0. The summed E-state index contributed by atoms with van der Waals surface area (Å²) in [4.78, 5) is 17.5. The predicted octanol–water partition coefficient (Wildman–Crippen LogP) is 5.57. The van der Waals surface area contributed by atoms with E-state index < -0.39 is 0 Å². The van der Waals surface area contributed by atoms with Gasteiger partial charge < -0.3 is 14.6 Å². The van der Waals surface area contributed by atoms with E-state index in [1.165, 1.54) is 5.56 Å². The average molecular weight is 434 g/mol. The number of benzene rings is 3. The number of rotatable bonds is 7. The van der Waals surface area contributed by atoms with E-state index in [0.29, 0.717) is 23.7 Å². The molecule has 3 aromatic carbocycles. The summed E-state index contributed by atoms with van der Waals surface area (Å²) < 4.78 is 8.04. The highest BCUT2D eigenvalue weighted by Gasteiger charge is 2.19. The van der Waals surface area contributed by atoms with Gasteiger partial charge in [0.2, 0.25) is 0 Å². The van der Waals surface area contributed by atoms with Crippen LogP contribution in [0.15, 0.2) is 72.8 Å². The fraction of sp³-hybridized carbons (Fsp3) is 0.200. The molecule has 0 aliphatic rings. The van der Waals surface area contributed by atoms with Gasteiger partial charge in [0, 0.05) is 10.6 Å². The van der Waals surface area contributed by atoms with E-state index >= 15 is 0 Å². The van der Waals surface area contributed by atoms with Crippen LogP contribution >= 0.6 is 11.6 Å². The van der Waals surface area contributed by atoms with Gasteiger partial charge in [-0.1, -0.05) is 41.4 Å². The van der Waals surface area contributed by atoms with Crippen LogP contribution in [0.4, 0.5) is 0 Å². The number of hydrogen-bond acceptors (Lipinski definition) is 3. The van der Waals surface area contributed by atoms with E-state index in [1.807, 2.05) is 62.4 Å². The van der Waals surface area contributed by atoms with Crippen molar-refractivity contribution in [2.75, 3.05) is 6.61 Å². The molecule has 0 aliphatic carbocycles. The zero-order chi connectivity index (χ0) is 21.8. The van der Waals surface area contributed by atoms with Gasteiger partial charge in [-0.2, -0.15) is 0 Å². The zero-order valence-corrected chi connectivity index (χ0v) is 18.3. The Balaban J connectivity index is 1.53. The number of amides is 1. The number of carbonyl (C=O) groups excluding carboxylic acids is 1. The Kier molecular flexibility index (Phi) is 6.23. The number of nitrogens with one attached hydrogen (secondary N) is 1. The van der Waals surface area contributed by atoms with Gasteiger partial charge >= 0.3 is 0 Å². The van der Waals surface area contributed by atoms with Crippen LogP contribution in [0.3, 0.4) is 0 Å². The third-order valence-corrected chi connectivity index (χ3v) is 5.38. The second-order valence-electron chi connectivity index (χ2n) is 7.47. The summed E-state index contributed by atoms with van der Waals surface area (Å²) in [7, 11) is 0. The molecule has 0 spiro atoms. The molecule has 1 heterocycles. The van der Waals surface area contributed by atoms with Gasteiger partial charge in [0.15, 0.2) is 0 Å². The molecule has 4 aromatic rings. The van der Waals surface area contributed by atoms with Crippen molar-refractivity contribution in [3.8, 4) is 5.75 Å². The standard InChI is InChI=1S/C25H24ClN3O2/c1-17-7-13-21(14-8-17)31-16-15-29-23-6-4-3-5-22(23)28-24(29)18(2)27-25(30)19-9-11-20(26)12-10-19/h3-14,18H,15-16H2,1-2H3,(H,27,30). The fourth-order valence-corrected chi connectivity index (χ4v) is 3.62. The Bertz CT molecular complexity index is 1180. The second-order valence-corrected chi connectivity index (χ2v) is 7.91. The SMILES string of the molecule is Cc1ccc(OCCn2c(C(C)NC(=O)c3ccc(Cl)cc3)nc3ccccc32)cc1. The Morgan fingerprint density at radius 2 is 1.77 bits per heavy atom. The summed E-state index contributed by atoms with van der Waals surface area (Å²) in [5.74, 6) is 1.45. The minimum atomic E-state index is -0.282. The zero-order valence-electron chi connectivity index (χ0n) is 17.5. The Morgan fingerprint density at radius 3 is 2.52 bits per heavy atom. The molecule has 0 saturated carbocycles. The van der Waals surface area contributed by atoms with Crippen LogP contribution in [0.1, 0.15) is 34.7 Å². The lowest BCUT2D eigenvalue weighted by atomic mass is 10.2. The molecule has 1 unspecified atom stereocenters. The van der Waals surface area contributed by atoms with Crippen molar-refractivity contribution >= 4 is 28.5 Å². The van der Waals surface area contributed by atoms with Crippen molar-refractivity contribution in [2.45, 2.75) is 26.4 Å². The molecule has 1 aromatic heterocycles. The largest absolute Gasteiger partial charge is 0.492 e. The van der Waals surface area contributed by atoms with Crippen LogP contribution in [-0.4, -0.2) is 22.1 Å². The van der Waals surface area contributed by atoms with Gasteiger partial charge in [0.25, 0.3) is 5.91 Å². The molecule has 1 N–H and O–H groups in total. The van der Waals surface area contributed by atoms with E-state index in [4.69, 9.17) is 21.3 Å². The molecular weight excluding hydrogens is 410 g/mol. The van der Waals surface area contributed by atoms with Crippen LogP contribution in [0.5, 0.6) is 5.75 Å². The highest BCUT2D eigenvalue weighted by Crippen LogP contribution is 2.22. The molecule has 0 bridgehead atoms. The lowest BCUT2D eigenvalue weighted by Gasteiger charge is -2.17. The molecule has 1 atom stereocenters. The molecular formula is C25H24ClN3O2. The van der Waals surface area contributed by atoms with Crippen LogP contribution in [0.2, 0.25) is 5.02 Å². The number of hydrogen-bond donors (Lipinski definition) is 1. The van der Waals surface area contributed by atoms with E-state index in [1.54, 1.807) is 24.3 Å². The number of aryl methyl sites for hydroxylation is 1. The number of imidazole rings is 1. The summed E-state index contributed by atoms with van der Waals surface area (Å²) in [6, 6.07) is 22.5. The lowest BCUT2D eigenvalue weighted by molar-refractivity contribution is 0.0937. The van der Waals surface area contributed by atoms with E-state index in [0.717, 1.165) is 22.6 Å². The number of halogens is 1. The molecule has 0 radical (unpaired) electrons. The van der Waals surface area contributed by atoms with Crippen LogP contribution in [0, 0.1) is 6.92 Å². The van der Waals surface area contributed by atoms with Crippen molar-refractivity contribution in [2.24, 2.45) is 0 Å². The first-order valence-electron chi connectivity index (χ1n) is 10.2. The fourth-order valence-electron chi connectivity index (χ4n) is 3.49. The maximum absolute atomic E-state index is 12.7. The molecule has 4 rings (SSSR count). The van der Waals surface area contributed by atoms with Gasteiger partial charge in [0.1, 0.15) is 18.2 Å². The first kappa shape index (κ1) is 20.9. The number of fused-ring (bicyclic) bond motifs is 1. The number of ether oxygens (including phenoxy) is 1. The van der Waals surface area contributed by atoms with Crippen LogP contribution in [-0.2, 0) is 6.54 Å². The molecule has 5 nitrogen and oxygen atoms in total. The first-order valence-corrected chi connectivity index (χ1v) is 10.6. The molecule has 31 heavy (non-hydrogen) atoms. The quantitative estimate of drug-likeness (QED) is 0.414. The van der Waals surface area contributed by atoms with Gasteiger partial charge in [0.05, 0.1) is 23.6 Å². The van der Waals surface area contributed by atoms with Crippen molar-refractivity contribution in [3.05, 3.63) is 94.8 Å². The number of nitrogens with zero attached hydrogens (tertiary/aromatic N) is 2. The molecule has 6 heteroatoms. The maximum Gasteiger partial charge on any atom is 0.251 e. The van der Waals surface area contributed by atoms with Crippen LogP contribution < -0.4 is 10.1 Å². The van der Waals surface area contributed by atoms with Crippen LogP contribution in [0.25, 0.3) is 11.0 Å². The van der Waals surface area contributed by atoms with E-state index in [9.17, 15) is 4.79 Å². The predicted molar refractivity (Wildman–Crippen MR) is 124 cm³/mol. The highest BCUT2D eigenvalue weighted by atomic mass is 35.5. The minimum absolute atomic E-state index is 0.168. The topological polar surface area (TPSA) is 56.1 Å². The average Bonchev–Trinajstić information content (AvgIpc) is 3.14. The molecule has 1 amide bonds. The smallest absolute Gasteiger partial charge is 0.251 e. The van der Waals surface area contributed by atoms with E-state index in [-0.39, 0.29) is 11.9 Å². The minimum Gasteiger partial charge on any atom is -0.492 e. The summed E-state index contributed by atoms with van der Waals surface area (Å²) in [5, 5.41) is 3.64. The van der Waals surface area contributed by atoms with Gasteiger partial charge in [-0.15, -0.1) is 0 Å². The van der Waals surface area contributed by atoms with Gasteiger partial charge in [-0.05, 0) is 62.4 Å². The van der Waals surface area contributed by atoms with Crippen molar-refractivity contribution in [1.29, 1.82) is 0 Å². The third-order valence-electron chi connectivity index (χ3n) is 5.13. The Labute approximate surface area is 186 Å². The van der Waals surface area contributed by atoms with Crippen molar-refractivity contribution in [1.82, 2.24) is 14.9 Å². The maximum atomic E-state index is 12.7. The van der Waals surface area contributed by atoms with E-state index in [2.05, 4.69) is 9.88 Å². The molecule has 158 valence electrons. The Hall–Kier alpha value is -3.31.